The van der Waals surface area contributed by atoms with Crippen LogP contribution in [0.2, 0.25) is 0 Å². The predicted molar refractivity (Wildman–Crippen MR) is 84.7 cm³/mol. The summed E-state index contributed by atoms with van der Waals surface area (Å²) in [4.78, 5) is 2.53. The Morgan fingerprint density at radius 2 is 1.81 bits per heavy atom. The molecule has 1 aromatic rings. The van der Waals surface area contributed by atoms with Gasteiger partial charge < -0.3 is 9.84 Å². The lowest BCUT2D eigenvalue weighted by molar-refractivity contribution is 0.0316. The third kappa shape index (κ3) is 3.24. The molecule has 3 nitrogen and oxygen atoms in total. The lowest BCUT2D eigenvalue weighted by Crippen LogP contribution is -2.43. The third-order valence-electron chi connectivity index (χ3n) is 5.11. The molecule has 2 unspecified atom stereocenters. The Kier molecular flexibility index (Phi) is 4.81. The van der Waals surface area contributed by atoms with Gasteiger partial charge in [-0.15, -0.1) is 0 Å². The Balaban J connectivity index is 1.78. The van der Waals surface area contributed by atoms with Crippen LogP contribution in [-0.4, -0.2) is 36.2 Å². The van der Waals surface area contributed by atoms with Gasteiger partial charge in [-0.05, 0) is 62.0 Å². The summed E-state index contributed by atoms with van der Waals surface area (Å²) in [6.07, 6.45) is 8.36. The van der Waals surface area contributed by atoms with E-state index in [0.717, 1.165) is 37.2 Å². The van der Waals surface area contributed by atoms with Crippen LogP contribution in [0.3, 0.4) is 0 Å². The average molecular weight is 289 g/mol. The highest BCUT2D eigenvalue weighted by molar-refractivity contribution is 5.39. The quantitative estimate of drug-likeness (QED) is 0.906. The predicted octanol–water partition coefficient (Wildman–Crippen LogP) is 3.31. The molecule has 1 heterocycles. The van der Waals surface area contributed by atoms with E-state index in [0.29, 0.717) is 0 Å². The number of methoxy groups -OCH3 is 1. The molecular weight excluding hydrogens is 262 g/mol. The highest BCUT2D eigenvalue weighted by atomic mass is 16.5. The second kappa shape index (κ2) is 6.80. The zero-order valence-corrected chi connectivity index (χ0v) is 13.1. The smallest absolute Gasteiger partial charge is 0.119 e. The minimum absolute atomic E-state index is 0.280. The van der Waals surface area contributed by atoms with Crippen LogP contribution in [0.1, 0.15) is 55.8 Å². The number of rotatable bonds is 2. The SMILES string of the molecule is COc1ccc2c(c1)C(O)C(N1CCCCCCC1)CC2. The molecule has 0 amide bonds. The molecule has 1 fully saturated rings. The van der Waals surface area contributed by atoms with Gasteiger partial charge >= 0.3 is 0 Å². The summed E-state index contributed by atoms with van der Waals surface area (Å²) in [6, 6.07) is 6.42. The molecule has 116 valence electrons. The van der Waals surface area contributed by atoms with Crippen LogP contribution < -0.4 is 4.74 Å². The molecule has 1 aliphatic carbocycles. The minimum Gasteiger partial charge on any atom is -0.497 e. The van der Waals surface area contributed by atoms with Gasteiger partial charge in [-0.3, -0.25) is 4.90 Å². The summed E-state index contributed by atoms with van der Waals surface area (Å²) >= 11 is 0. The van der Waals surface area contributed by atoms with Crippen LogP contribution in [0.5, 0.6) is 5.75 Å². The summed E-state index contributed by atoms with van der Waals surface area (Å²) in [6.45, 7) is 2.28. The molecule has 2 aliphatic rings. The highest BCUT2D eigenvalue weighted by Crippen LogP contribution is 2.35. The van der Waals surface area contributed by atoms with E-state index >= 15 is 0 Å². The first-order chi connectivity index (χ1) is 10.3. The van der Waals surface area contributed by atoms with Gasteiger partial charge in [0, 0.05) is 6.04 Å². The number of hydrogen-bond donors (Lipinski definition) is 1. The van der Waals surface area contributed by atoms with Crippen LogP contribution in [0.15, 0.2) is 18.2 Å². The van der Waals surface area contributed by atoms with Crippen molar-refractivity contribution >= 4 is 0 Å². The highest BCUT2D eigenvalue weighted by Gasteiger charge is 2.32. The van der Waals surface area contributed by atoms with Crippen molar-refractivity contribution in [2.24, 2.45) is 0 Å². The molecule has 1 aromatic carbocycles. The van der Waals surface area contributed by atoms with Crippen LogP contribution >= 0.6 is 0 Å². The maximum atomic E-state index is 10.9. The number of aliphatic hydroxyl groups excluding tert-OH is 1. The molecule has 1 saturated heterocycles. The van der Waals surface area contributed by atoms with Gasteiger partial charge in [-0.1, -0.05) is 25.3 Å². The largest absolute Gasteiger partial charge is 0.497 e. The van der Waals surface area contributed by atoms with E-state index in [1.807, 2.05) is 12.1 Å². The first-order valence-electron chi connectivity index (χ1n) is 8.38. The summed E-state index contributed by atoms with van der Waals surface area (Å²) in [5, 5.41) is 10.9. The second-order valence-corrected chi connectivity index (χ2v) is 6.42. The fourth-order valence-corrected chi connectivity index (χ4v) is 3.86. The molecule has 1 aliphatic heterocycles. The van der Waals surface area contributed by atoms with Crippen molar-refractivity contribution in [3.05, 3.63) is 29.3 Å². The van der Waals surface area contributed by atoms with Crippen molar-refractivity contribution in [2.45, 2.75) is 57.1 Å². The number of hydrogen-bond acceptors (Lipinski definition) is 3. The minimum atomic E-state index is -0.372. The Hall–Kier alpha value is -1.06. The van der Waals surface area contributed by atoms with Gasteiger partial charge in [0.05, 0.1) is 13.2 Å². The zero-order chi connectivity index (χ0) is 14.7. The summed E-state index contributed by atoms with van der Waals surface area (Å²) in [5.41, 5.74) is 2.36. The van der Waals surface area contributed by atoms with Gasteiger partial charge in [0.1, 0.15) is 5.75 Å². The van der Waals surface area contributed by atoms with E-state index in [4.69, 9.17) is 4.74 Å². The fourth-order valence-electron chi connectivity index (χ4n) is 3.86. The van der Waals surface area contributed by atoms with Crippen molar-refractivity contribution in [2.75, 3.05) is 20.2 Å². The lowest BCUT2D eigenvalue weighted by Gasteiger charge is -2.39. The molecule has 2 atom stereocenters. The van der Waals surface area contributed by atoms with Crippen molar-refractivity contribution in [1.29, 1.82) is 0 Å². The Labute approximate surface area is 127 Å². The number of likely N-dealkylation sites (tertiary alicyclic amines) is 1. The summed E-state index contributed by atoms with van der Waals surface area (Å²) < 4.78 is 5.32. The van der Waals surface area contributed by atoms with E-state index in [1.54, 1.807) is 7.11 Å². The van der Waals surface area contributed by atoms with Crippen LogP contribution in [0, 0.1) is 0 Å². The van der Waals surface area contributed by atoms with Gasteiger partial charge in [-0.2, -0.15) is 0 Å². The standard InChI is InChI=1S/C18H27NO2/c1-21-15-9-7-14-8-10-17(18(20)16(14)13-15)19-11-5-3-2-4-6-12-19/h7,9,13,17-18,20H,2-6,8,10-12H2,1H3. The molecule has 0 saturated carbocycles. The third-order valence-corrected chi connectivity index (χ3v) is 5.11. The van der Waals surface area contributed by atoms with Crippen molar-refractivity contribution in [3.63, 3.8) is 0 Å². The van der Waals surface area contributed by atoms with Gasteiger partial charge in [0.15, 0.2) is 0 Å². The summed E-state index contributed by atoms with van der Waals surface area (Å²) in [5.74, 6) is 0.848. The fraction of sp³-hybridized carbons (Fsp3) is 0.667. The Morgan fingerprint density at radius 3 is 2.52 bits per heavy atom. The first-order valence-corrected chi connectivity index (χ1v) is 8.38. The second-order valence-electron chi connectivity index (χ2n) is 6.42. The maximum absolute atomic E-state index is 10.9. The molecule has 1 N–H and O–H groups in total. The molecule has 0 spiro atoms. The van der Waals surface area contributed by atoms with Gasteiger partial charge in [0.25, 0.3) is 0 Å². The van der Waals surface area contributed by atoms with Crippen molar-refractivity contribution < 1.29 is 9.84 Å². The average Bonchev–Trinajstić information content (AvgIpc) is 2.48. The summed E-state index contributed by atoms with van der Waals surface area (Å²) in [7, 11) is 1.69. The molecule has 3 rings (SSSR count). The van der Waals surface area contributed by atoms with Crippen LogP contribution in [0.4, 0.5) is 0 Å². The van der Waals surface area contributed by atoms with E-state index in [9.17, 15) is 5.11 Å². The first kappa shape index (κ1) is 14.9. The zero-order valence-electron chi connectivity index (χ0n) is 13.1. The Bertz CT molecular complexity index is 466. The topological polar surface area (TPSA) is 32.7 Å². The number of aryl methyl sites for hydroxylation is 1. The molecule has 3 heteroatoms. The van der Waals surface area contributed by atoms with Crippen LogP contribution in [-0.2, 0) is 6.42 Å². The molecule has 0 bridgehead atoms. The number of benzene rings is 1. The lowest BCUT2D eigenvalue weighted by atomic mass is 9.84. The normalized spacial score (nSPS) is 27.5. The number of aliphatic hydroxyl groups is 1. The van der Waals surface area contributed by atoms with Gasteiger partial charge in [0.2, 0.25) is 0 Å². The van der Waals surface area contributed by atoms with E-state index in [1.165, 1.54) is 37.7 Å². The van der Waals surface area contributed by atoms with Crippen molar-refractivity contribution in [1.82, 2.24) is 4.90 Å². The molecule has 0 aromatic heterocycles. The maximum Gasteiger partial charge on any atom is 0.119 e. The van der Waals surface area contributed by atoms with Crippen molar-refractivity contribution in [3.8, 4) is 5.75 Å². The van der Waals surface area contributed by atoms with Gasteiger partial charge in [-0.25, -0.2) is 0 Å². The number of nitrogens with zero attached hydrogens (tertiary/aromatic N) is 1. The van der Waals surface area contributed by atoms with E-state index < -0.39 is 0 Å². The van der Waals surface area contributed by atoms with E-state index in [-0.39, 0.29) is 12.1 Å². The monoisotopic (exact) mass is 289 g/mol. The molecule has 0 radical (unpaired) electrons. The molecular formula is C18H27NO2. The van der Waals surface area contributed by atoms with E-state index in [2.05, 4.69) is 11.0 Å². The Morgan fingerprint density at radius 1 is 1.10 bits per heavy atom. The molecule has 21 heavy (non-hydrogen) atoms. The van der Waals surface area contributed by atoms with Crippen LogP contribution in [0.25, 0.3) is 0 Å². The number of fused-ring (bicyclic) bond motifs is 1. The number of ether oxygens (including phenoxy) is 1.